The standard InChI is InChI=1S/C17H21N3O4S2/c1-10-6-11(2)8-13(7-10)16-19-20-17(24-16)25-12(3)15(21)18-14-4-5-26(22,23)9-14/h6-8,12,14H,4-5,9H2,1-3H3,(H,18,21)/t12-,14+/m0/s1. The van der Waals surface area contributed by atoms with Gasteiger partial charge < -0.3 is 9.73 Å². The summed E-state index contributed by atoms with van der Waals surface area (Å²) in [4.78, 5) is 12.3. The van der Waals surface area contributed by atoms with E-state index < -0.39 is 15.1 Å². The molecule has 2 heterocycles. The van der Waals surface area contributed by atoms with Crippen LogP contribution in [0.5, 0.6) is 0 Å². The fraction of sp³-hybridized carbons (Fsp3) is 0.471. The van der Waals surface area contributed by atoms with Crippen LogP contribution >= 0.6 is 11.8 Å². The number of benzene rings is 1. The maximum absolute atomic E-state index is 12.3. The molecule has 7 nitrogen and oxygen atoms in total. The van der Waals surface area contributed by atoms with E-state index in [4.69, 9.17) is 4.42 Å². The van der Waals surface area contributed by atoms with Crippen LogP contribution in [0.15, 0.2) is 27.8 Å². The minimum absolute atomic E-state index is 0.00748. The SMILES string of the molecule is Cc1cc(C)cc(-c2nnc(S[C@@H](C)C(=O)N[C@@H]3CCS(=O)(=O)C3)o2)c1. The number of amides is 1. The minimum atomic E-state index is -3.02. The van der Waals surface area contributed by atoms with Gasteiger partial charge in [0.05, 0.1) is 16.8 Å². The molecule has 0 spiro atoms. The van der Waals surface area contributed by atoms with Gasteiger partial charge in [-0.05, 0) is 39.3 Å². The van der Waals surface area contributed by atoms with Crippen molar-refractivity contribution in [3.8, 4) is 11.5 Å². The van der Waals surface area contributed by atoms with E-state index in [0.29, 0.717) is 17.5 Å². The van der Waals surface area contributed by atoms with Crippen LogP contribution in [0.4, 0.5) is 0 Å². The Labute approximate surface area is 156 Å². The van der Waals surface area contributed by atoms with Gasteiger partial charge >= 0.3 is 0 Å². The number of thioether (sulfide) groups is 1. The van der Waals surface area contributed by atoms with Gasteiger partial charge in [0.25, 0.3) is 5.22 Å². The summed E-state index contributed by atoms with van der Waals surface area (Å²) in [5.74, 6) is 0.313. The molecule has 26 heavy (non-hydrogen) atoms. The highest BCUT2D eigenvalue weighted by atomic mass is 32.2. The van der Waals surface area contributed by atoms with Crippen LogP contribution in [-0.4, -0.2) is 47.3 Å². The zero-order valence-electron chi connectivity index (χ0n) is 14.9. The monoisotopic (exact) mass is 395 g/mol. The molecule has 0 bridgehead atoms. The molecule has 3 rings (SSSR count). The normalized spacial score (nSPS) is 20.0. The number of rotatable bonds is 5. The molecule has 1 N–H and O–H groups in total. The molecule has 1 aromatic heterocycles. The summed E-state index contributed by atoms with van der Waals surface area (Å²) in [5, 5.41) is 10.7. The van der Waals surface area contributed by atoms with Crippen molar-refractivity contribution in [3.63, 3.8) is 0 Å². The first-order valence-corrected chi connectivity index (χ1v) is 11.0. The predicted octanol–water partition coefficient (Wildman–Crippen LogP) is 2.14. The lowest BCUT2D eigenvalue weighted by atomic mass is 10.1. The Hall–Kier alpha value is -1.87. The van der Waals surface area contributed by atoms with Gasteiger partial charge in [0.2, 0.25) is 11.8 Å². The Balaban J connectivity index is 1.62. The Morgan fingerprint density at radius 1 is 1.27 bits per heavy atom. The van der Waals surface area contributed by atoms with Gasteiger partial charge in [-0.25, -0.2) is 8.42 Å². The maximum atomic E-state index is 12.3. The first-order valence-electron chi connectivity index (χ1n) is 8.31. The fourth-order valence-electron chi connectivity index (χ4n) is 2.90. The molecular formula is C17H21N3O4S2. The number of hydrogen-bond acceptors (Lipinski definition) is 7. The summed E-state index contributed by atoms with van der Waals surface area (Å²) < 4.78 is 28.6. The van der Waals surface area contributed by atoms with Crippen LogP contribution < -0.4 is 5.32 Å². The summed E-state index contributed by atoms with van der Waals surface area (Å²) in [6.07, 6.45) is 0.461. The number of carbonyl (C=O) groups is 1. The molecule has 1 aliphatic rings. The van der Waals surface area contributed by atoms with E-state index in [1.165, 1.54) is 0 Å². The Bertz CT molecular complexity index is 904. The van der Waals surface area contributed by atoms with E-state index >= 15 is 0 Å². The van der Waals surface area contributed by atoms with E-state index in [0.717, 1.165) is 28.5 Å². The highest BCUT2D eigenvalue weighted by molar-refractivity contribution is 8.00. The molecule has 0 radical (unpaired) electrons. The molecule has 0 saturated carbocycles. The zero-order chi connectivity index (χ0) is 18.9. The second-order valence-electron chi connectivity index (χ2n) is 6.62. The van der Waals surface area contributed by atoms with Crippen molar-refractivity contribution in [3.05, 3.63) is 29.3 Å². The highest BCUT2D eigenvalue weighted by Crippen LogP contribution is 2.27. The second kappa shape index (κ2) is 7.40. The quantitative estimate of drug-likeness (QED) is 0.774. The molecule has 2 atom stereocenters. The third-order valence-corrected chi connectivity index (χ3v) is 6.80. The molecule has 2 aromatic rings. The zero-order valence-corrected chi connectivity index (χ0v) is 16.5. The maximum Gasteiger partial charge on any atom is 0.277 e. The van der Waals surface area contributed by atoms with Gasteiger partial charge in [-0.15, -0.1) is 10.2 Å². The first kappa shape index (κ1) is 18.9. The number of aromatic nitrogens is 2. The average Bonchev–Trinajstić information content (AvgIpc) is 3.12. The van der Waals surface area contributed by atoms with E-state index in [-0.39, 0.29) is 23.5 Å². The first-order chi connectivity index (χ1) is 12.2. The van der Waals surface area contributed by atoms with Crippen molar-refractivity contribution in [1.82, 2.24) is 15.5 Å². The van der Waals surface area contributed by atoms with Crippen LogP contribution in [0.2, 0.25) is 0 Å². The largest absolute Gasteiger partial charge is 0.411 e. The van der Waals surface area contributed by atoms with Crippen LogP contribution in [0, 0.1) is 13.8 Å². The average molecular weight is 396 g/mol. The molecule has 9 heteroatoms. The number of carbonyl (C=O) groups excluding carboxylic acids is 1. The lowest BCUT2D eigenvalue weighted by Gasteiger charge is -2.14. The molecular weight excluding hydrogens is 374 g/mol. The Kier molecular flexibility index (Phi) is 5.38. The van der Waals surface area contributed by atoms with Gasteiger partial charge in [0.15, 0.2) is 9.84 Å². The summed E-state index contributed by atoms with van der Waals surface area (Å²) in [6, 6.07) is 5.67. The molecule has 0 unspecified atom stereocenters. The Morgan fingerprint density at radius 2 is 1.96 bits per heavy atom. The second-order valence-corrected chi connectivity index (χ2v) is 10.1. The smallest absolute Gasteiger partial charge is 0.277 e. The molecule has 1 saturated heterocycles. The van der Waals surface area contributed by atoms with Crippen LogP contribution in [-0.2, 0) is 14.6 Å². The highest BCUT2D eigenvalue weighted by Gasteiger charge is 2.30. The third-order valence-electron chi connectivity index (χ3n) is 4.10. The number of sulfone groups is 1. The van der Waals surface area contributed by atoms with Gasteiger partial charge in [0, 0.05) is 11.6 Å². The van der Waals surface area contributed by atoms with Crippen LogP contribution in [0.3, 0.4) is 0 Å². The lowest BCUT2D eigenvalue weighted by Crippen LogP contribution is -2.39. The molecule has 140 valence electrons. The minimum Gasteiger partial charge on any atom is -0.411 e. The van der Waals surface area contributed by atoms with E-state index in [9.17, 15) is 13.2 Å². The summed E-state index contributed by atoms with van der Waals surface area (Å²) in [6.45, 7) is 5.72. The fourth-order valence-corrected chi connectivity index (χ4v) is 5.27. The van der Waals surface area contributed by atoms with E-state index in [1.54, 1.807) is 6.92 Å². The number of hydrogen-bond donors (Lipinski definition) is 1. The van der Waals surface area contributed by atoms with E-state index in [1.807, 2.05) is 26.0 Å². The van der Waals surface area contributed by atoms with Crippen molar-refractivity contribution >= 4 is 27.5 Å². The number of nitrogens with one attached hydrogen (secondary N) is 1. The van der Waals surface area contributed by atoms with Crippen LogP contribution in [0.1, 0.15) is 24.5 Å². The molecule has 1 aromatic carbocycles. The Morgan fingerprint density at radius 3 is 2.58 bits per heavy atom. The topological polar surface area (TPSA) is 102 Å². The molecule has 1 aliphatic heterocycles. The van der Waals surface area contributed by atoms with Gasteiger partial charge in [0.1, 0.15) is 0 Å². The van der Waals surface area contributed by atoms with Gasteiger partial charge in [-0.2, -0.15) is 0 Å². The number of aryl methyl sites for hydroxylation is 2. The summed E-state index contributed by atoms with van der Waals surface area (Å²) in [7, 11) is -3.02. The van der Waals surface area contributed by atoms with Crippen molar-refractivity contribution in [2.75, 3.05) is 11.5 Å². The van der Waals surface area contributed by atoms with E-state index in [2.05, 4.69) is 21.6 Å². The van der Waals surface area contributed by atoms with Crippen LogP contribution in [0.25, 0.3) is 11.5 Å². The molecule has 0 aliphatic carbocycles. The van der Waals surface area contributed by atoms with Crippen molar-refractivity contribution in [1.29, 1.82) is 0 Å². The van der Waals surface area contributed by atoms with Crippen molar-refractivity contribution in [2.45, 2.75) is 43.7 Å². The third kappa shape index (κ3) is 4.64. The lowest BCUT2D eigenvalue weighted by molar-refractivity contribution is -0.120. The van der Waals surface area contributed by atoms with Gasteiger partial charge in [-0.3, -0.25) is 4.79 Å². The summed E-state index contributed by atoms with van der Waals surface area (Å²) >= 11 is 1.16. The number of nitrogens with zero attached hydrogens (tertiary/aromatic N) is 2. The van der Waals surface area contributed by atoms with Gasteiger partial charge in [-0.1, -0.05) is 29.0 Å². The summed E-state index contributed by atoms with van der Waals surface area (Å²) in [5.41, 5.74) is 3.05. The molecule has 1 amide bonds. The van der Waals surface area contributed by atoms with Crippen molar-refractivity contribution in [2.24, 2.45) is 0 Å². The predicted molar refractivity (Wildman–Crippen MR) is 99.7 cm³/mol. The molecule has 1 fully saturated rings. The van der Waals surface area contributed by atoms with Crippen molar-refractivity contribution < 1.29 is 17.6 Å².